The van der Waals surface area contributed by atoms with Gasteiger partial charge in [-0.05, 0) is 25.0 Å². The van der Waals surface area contributed by atoms with Crippen LogP contribution in [0.4, 0.5) is 0 Å². The fraction of sp³-hybridized carbons (Fsp3) is 0.538. The number of rotatable bonds is 6. The van der Waals surface area contributed by atoms with Crippen LogP contribution >= 0.6 is 0 Å². The molecule has 0 amide bonds. The Balaban J connectivity index is 2.89. The molecule has 19 heavy (non-hydrogen) atoms. The molecule has 104 valence electrons. The molecule has 0 saturated heterocycles. The zero-order valence-corrected chi connectivity index (χ0v) is 12.2. The van der Waals surface area contributed by atoms with Crippen molar-refractivity contribution in [3.05, 3.63) is 24.0 Å². The van der Waals surface area contributed by atoms with Gasteiger partial charge in [-0.15, -0.1) is 0 Å². The van der Waals surface area contributed by atoms with E-state index in [9.17, 15) is 8.42 Å². The normalized spacial score (nSPS) is 13.2. The lowest BCUT2D eigenvalue weighted by Gasteiger charge is -2.22. The van der Waals surface area contributed by atoms with Crippen molar-refractivity contribution < 1.29 is 8.42 Å². The Morgan fingerprint density at radius 2 is 2.00 bits per heavy atom. The molecule has 0 saturated carbocycles. The van der Waals surface area contributed by atoms with Crippen molar-refractivity contribution in [1.29, 1.82) is 5.26 Å². The second-order valence-corrected chi connectivity index (χ2v) is 6.19. The van der Waals surface area contributed by atoms with E-state index in [-0.39, 0.29) is 16.6 Å². The first-order valence-electron chi connectivity index (χ1n) is 6.33. The minimum absolute atomic E-state index is 0.0873. The van der Waals surface area contributed by atoms with Crippen LogP contribution in [0.25, 0.3) is 0 Å². The van der Waals surface area contributed by atoms with E-state index in [1.54, 1.807) is 0 Å². The van der Waals surface area contributed by atoms with Gasteiger partial charge in [-0.2, -0.15) is 5.26 Å². The largest absolute Gasteiger partial charge is 0.244 e. The van der Waals surface area contributed by atoms with Crippen LogP contribution in [0.3, 0.4) is 0 Å². The van der Waals surface area contributed by atoms with Crippen molar-refractivity contribution in [2.45, 2.75) is 44.6 Å². The number of nitrogens with one attached hydrogen (secondary N) is 1. The summed E-state index contributed by atoms with van der Waals surface area (Å²) in [6.45, 7) is 5.96. The topological polar surface area (TPSA) is 82.9 Å². The standard InChI is InChI=1S/C13H19N3O2S/c1-4-11(5-2)10(3)16-19(17,18)13-7-6-12(8-14)15-9-13/h6-7,9-11,16H,4-5H2,1-3H3. The van der Waals surface area contributed by atoms with Crippen molar-refractivity contribution >= 4 is 10.0 Å². The van der Waals surface area contributed by atoms with Crippen LogP contribution in [-0.2, 0) is 10.0 Å². The summed E-state index contributed by atoms with van der Waals surface area (Å²) in [5.41, 5.74) is 0.201. The van der Waals surface area contributed by atoms with E-state index in [1.165, 1.54) is 18.3 Å². The van der Waals surface area contributed by atoms with Crippen molar-refractivity contribution in [3.63, 3.8) is 0 Å². The van der Waals surface area contributed by atoms with Crippen molar-refractivity contribution in [2.24, 2.45) is 5.92 Å². The molecule has 6 heteroatoms. The van der Waals surface area contributed by atoms with Crippen LogP contribution in [0.2, 0.25) is 0 Å². The molecule has 0 aliphatic carbocycles. The summed E-state index contributed by atoms with van der Waals surface area (Å²) in [6, 6.07) is 4.52. The first-order valence-corrected chi connectivity index (χ1v) is 7.81. The number of aromatic nitrogens is 1. The van der Waals surface area contributed by atoms with Gasteiger partial charge in [0.1, 0.15) is 16.7 Å². The van der Waals surface area contributed by atoms with Crippen LogP contribution in [0, 0.1) is 17.2 Å². The smallest absolute Gasteiger partial charge is 0.242 e. The number of nitriles is 1. The van der Waals surface area contributed by atoms with E-state index in [4.69, 9.17) is 5.26 Å². The molecule has 1 aromatic rings. The molecule has 5 nitrogen and oxygen atoms in total. The highest BCUT2D eigenvalue weighted by Gasteiger charge is 2.22. The highest BCUT2D eigenvalue weighted by atomic mass is 32.2. The first kappa shape index (κ1) is 15.6. The molecular formula is C13H19N3O2S. The lowest BCUT2D eigenvalue weighted by molar-refractivity contribution is 0.390. The molecule has 1 unspecified atom stereocenters. The monoisotopic (exact) mass is 281 g/mol. The van der Waals surface area contributed by atoms with Gasteiger partial charge in [-0.1, -0.05) is 26.7 Å². The SMILES string of the molecule is CCC(CC)C(C)NS(=O)(=O)c1ccc(C#N)nc1. The van der Waals surface area contributed by atoms with E-state index in [0.717, 1.165) is 12.8 Å². The molecule has 0 aliphatic heterocycles. The third kappa shape index (κ3) is 4.01. The lowest BCUT2D eigenvalue weighted by atomic mass is 9.96. The Hall–Kier alpha value is -1.45. The minimum atomic E-state index is -3.57. The summed E-state index contributed by atoms with van der Waals surface area (Å²) in [7, 11) is -3.57. The van der Waals surface area contributed by atoms with Gasteiger partial charge in [0, 0.05) is 12.2 Å². The zero-order valence-electron chi connectivity index (χ0n) is 11.4. The number of hydrogen-bond acceptors (Lipinski definition) is 4. The molecule has 0 aliphatic rings. The number of nitrogens with zero attached hydrogens (tertiary/aromatic N) is 2. The Kier molecular flexibility index (Phi) is 5.45. The number of sulfonamides is 1. The van der Waals surface area contributed by atoms with Gasteiger partial charge in [0.05, 0.1) is 0 Å². The van der Waals surface area contributed by atoms with Gasteiger partial charge in [0.15, 0.2) is 0 Å². The van der Waals surface area contributed by atoms with Crippen LogP contribution < -0.4 is 4.72 Å². The average molecular weight is 281 g/mol. The summed E-state index contributed by atoms with van der Waals surface area (Å²) in [5, 5.41) is 8.64. The summed E-state index contributed by atoms with van der Waals surface area (Å²) in [6.07, 6.45) is 3.05. The molecule has 0 radical (unpaired) electrons. The second-order valence-electron chi connectivity index (χ2n) is 4.48. The van der Waals surface area contributed by atoms with Gasteiger partial charge < -0.3 is 0 Å². The van der Waals surface area contributed by atoms with E-state index in [1.807, 2.05) is 26.8 Å². The van der Waals surface area contributed by atoms with Gasteiger partial charge in [-0.25, -0.2) is 18.1 Å². The maximum atomic E-state index is 12.1. The molecule has 0 spiro atoms. The number of pyridine rings is 1. The third-order valence-corrected chi connectivity index (χ3v) is 4.80. The maximum absolute atomic E-state index is 12.1. The van der Waals surface area contributed by atoms with E-state index < -0.39 is 10.0 Å². The van der Waals surface area contributed by atoms with Gasteiger partial charge in [0.2, 0.25) is 10.0 Å². The molecule has 0 fully saturated rings. The Morgan fingerprint density at radius 3 is 2.42 bits per heavy atom. The second kappa shape index (κ2) is 6.64. The molecule has 1 heterocycles. The van der Waals surface area contributed by atoms with Crippen molar-refractivity contribution in [2.75, 3.05) is 0 Å². The summed E-state index contributed by atoms with van der Waals surface area (Å²) >= 11 is 0. The summed E-state index contributed by atoms with van der Waals surface area (Å²) < 4.78 is 27.0. The molecule has 0 aromatic carbocycles. The molecule has 1 N–H and O–H groups in total. The predicted molar refractivity (Wildman–Crippen MR) is 72.8 cm³/mol. The Morgan fingerprint density at radius 1 is 1.37 bits per heavy atom. The molecule has 1 atom stereocenters. The van der Waals surface area contributed by atoms with Crippen LogP contribution in [-0.4, -0.2) is 19.4 Å². The predicted octanol–water partition coefficient (Wildman–Crippen LogP) is 2.06. The molecule has 1 rings (SSSR count). The van der Waals surface area contributed by atoms with Crippen LogP contribution in [0.1, 0.15) is 39.3 Å². The average Bonchev–Trinajstić information content (AvgIpc) is 2.39. The van der Waals surface area contributed by atoms with Crippen molar-refractivity contribution in [1.82, 2.24) is 9.71 Å². The molecular weight excluding hydrogens is 262 g/mol. The summed E-state index contributed by atoms with van der Waals surface area (Å²) in [5.74, 6) is 0.307. The Labute approximate surface area is 114 Å². The van der Waals surface area contributed by atoms with E-state index in [0.29, 0.717) is 5.92 Å². The maximum Gasteiger partial charge on any atom is 0.242 e. The van der Waals surface area contributed by atoms with Gasteiger partial charge in [-0.3, -0.25) is 0 Å². The van der Waals surface area contributed by atoms with E-state index in [2.05, 4.69) is 9.71 Å². The Bertz CT molecular complexity index is 542. The quantitative estimate of drug-likeness (QED) is 0.865. The minimum Gasteiger partial charge on any atom is -0.244 e. The van der Waals surface area contributed by atoms with Gasteiger partial charge >= 0.3 is 0 Å². The fourth-order valence-corrected chi connectivity index (χ4v) is 3.27. The lowest BCUT2D eigenvalue weighted by Crippen LogP contribution is -2.37. The first-order chi connectivity index (χ1) is 8.94. The zero-order chi connectivity index (χ0) is 14.5. The highest BCUT2D eigenvalue weighted by Crippen LogP contribution is 2.16. The molecule has 1 aromatic heterocycles. The third-order valence-electron chi connectivity index (χ3n) is 3.26. The van der Waals surface area contributed by atoms with Crippen LogP contribution in [0.15, 0.2) is 23.2 Å². The highest BCUT2D eigenvalue weighted by molar-refractivity contribution is 7.89. The number of hydrogen-bond donors (Lipinski definition) is 1. The summed E-state index contributed by atoms with van der Waals surface area (Å²) in [4.78, 5) is 3.86. The van der Waals surface area contributed by atoms with Crippen molar-refractivity contribution in [3.8, 4) is 6.07 Å². The fourth-order valence-electron chi connectivity index (χ4n) is 2.01. The van der Waals surface area contributed by atoms with Gasteiger partial charge in [0.25, 0.3) is 0 Å². The van der Waals surface area contributed by atoms with E-state index >= 15 is 0 Å². The van der Waals surface area contributed by atoms with Crippen LogP contribution in [0.5, 0.6) is 0 Å². The molecule has 0 bridgehead atoms.